The molecule has 0 aromatic carbocycles. The van der Waals surface area contributed by atoms with Gasteiger partial charge >= 0.3 is 7.12 Å². The van der Waals surface area contributed by atoms with E-state index in [4.69, 9.17) is 79.0 Å². The van der Waals surface area contributed by atoms with Crippen LogP contribution in [-0.4, -0.2) is 226 Å². The van der Waals surface area contributed by atoms with Crippen LogP contribution in [0, 0.1) is 0 Å². The van der Waals surface area contributed by atoms with Crippen LogP contribution in [0.3, 0.4) is 0 Å². The van der Waals surface area contributed by atoms with Gasteiger partial charge in [0.15, 0.2) is 5.15 Å². The smallest absolute Gasteiger partial charge is 0.423 e. The SMILES string of the molecule is Brc1csc2c(-c3cncnc3)nc(N3CCOCC3)nc12.C1COCCN1.CC.CS(=O)(=O)N1CCN(Cc2csc3c(-c4cncnc4)nc(N4CCOCC4)nc23)CC1.Clc1nc(-c2cncnc2)c2scc(Br)c2n1.Clc1nc(Cl)c2scc(Br)c2n1.OB(O)c1cncnc1. The van der Waals surface area contributed by atoms with Crippen LogP contribution in [-0.2, 0) is 30.8 Å². The van der Waals surface area contributed by atoms with E-state index >= 15 is 0 Å². The molecule has 4 fully saturated rings. The molecule has 0 atom stereocenters. The molecule has 4 aliphatic heterocycles. The molecule has 3 N–H and O–H groups in total. The Labute approximate surface area is 631 Å². The molecule has 12 aromatic rings. The first-order chi connectivity index (χ1) is 48.6. The molecule has 0 radical (unpaired) electrons. The number of halogens is 6. The van der Waals surface area contributed by atoms with Gasteiger partial charge in [0, 0.05) is 165 Å². The number of sulfonamides is 1. The van der Waals surface area contributed by atoms with Crippen molar-refractivity contribution in [1.82, 2.24) is 94.3 Å². The zero-order valence-corrected chi connectivity index (χ0v) is 64.6. The van der Waals surface area contributed by atoms with Gasteiger partial charge in [-0.1, -0.05) is 25.4 Å². The van der Waals surface area contributed by atoms with Crippen molar-refractivity contribution < 1.29 is 32.7 Å². The van der Waals surface area contributed by atoms with Crippen LogP contribution in [0.4, 0.5) is 11.9 Å². The largest absolute Gasteiger partial charge is 0.491 e. The Kier molecular flexibility index (Phi) is 29.2. The van der Waals surface area contributed by atoms with Crippen molar-refractivity contribution in [1.29, 1.82) is 0 Å². The highest BCUT2D eigenvalue weighted by molar-refractivity contribution is 9.11. The number of rotatable bonds is 9. The van der Waals surface area contributed by atoms with Gasteiger partial charge in [-0.15, -0.1) is 45.3 Å². The summed E-state index contributed by atoms with van der Waals surface area (Å²) in [5.41, 5.74) is 9.97. The van der Waals surface area contributed by atoms with E-state index in [1.807, 2.05) is 30.0 Å². The van der Waals surface area contributed by atoms with E-state index in [-0.39, 0.29) is 10.6 Å². The third-order valence-electron chi connectivity index (χ3n) is 14.5. The molecule has 4 aliphatic rings. The Bertz CT molecular complexity index is 4680. The number of fused-ring (bicyclic) bond motifs is 4. The average molecular weight is 1710 g/mol. The number of hydrogen-bond donors (Lipinski definition) is 3. The standard InChI is InChI=1S/C20H25N7O3S2.C14H12BrN5OS.C10H4BrClN4S.C6HBrCl2N2S.C4H5BN2O2.C4H9NO.C2H6/c1-32(28,29)27-4-2-25(3-5-27)12-16-13-31-19-17(15-10-21-14-22-11-15)23-20(24-18(16)19)26-6-8-30-9-7-26;15-10-7-22-13-11(9-5-16-8-17-6-9)18-14(19-12(10)13)20-1-3-21-4-2-20;11-6-3-17-9-7(5-1-13-4-14-2-5)15-10(12)16-8(6)9;7-2-1-12-4-3(2)10-6(9)11-5(4)8;8-5(9)4-1-6-3-7-2-4;1-3-6-4-2-5-1;1-2/h10-11,13-14H,2-9,12H2,1H3;5-8H,1-4H2;1-4H;1H;1-3,8-9H;5H,1-4H2;1-2H3. The van der Waals surface area contributed by atoms with E-state index in [1.54, 1.807) is 75.5 Å². The molecule has 100 heavy (non-hydrogen) atoms. The third-order valence-corrected chi connectivity index (χ3v) is 23.2. The summed E-state index contributed by atoms with van der Waals surface area (Å²) < 4.78 is 47.8. The molecule has 0 spiro atoms. The van der Waals surface area contributed by atoms with Crippen LogP contribution in [0.25, 0.3) is 74.6 Å². The van der Waals surface area contributed by atoms with E-state index in [2.05, 4.69) is 133 Å². The maximum absolute atomic E-state index is 11.8. The highest BCUT2D eigenvalue weighted by atomic mass is 79.9. The molecule has 28 nitrogen and oxygen atoms in total. The fourth-order valence-electron chi connectivity index (χ4n) is 9.72. The first-order valence-corrected chi connectivity index (χ1v) is 39.5. The van der Waals surface area contributed by atoms with Gasteiger partial charge < -0.3 is 39.4 Å². The molecule has 0 aliphatic carbocycles. The molecule has 4 saturated heterocycles. The van der Waals surface area contributed by atoms with Crippen molar-refractivity contribution >= 4 is 203 Å². The van der Waals surface area contributed by atoms with Crippen LogP contribution in [0.15, 0.2) is 110 Å². The van der Waals surface area contributed by atoms with Crippen molar-refractivity contribution in [2.45, 2.75) is 20.4 Å². The number of hydrogen-bond acceptors (Lipinski definition) is 31. The molecule has 40 heteroatoms. The lowest BCUT2D eigenvalue weighted by Crippen LogP contribution is -2.47. The normalized spacial score (nSPS) is 14.9. The number of nitrogens with one attached hydrogen (secondary N) is 1. The molecule has 0 amide bonds. The Morgan fingerprint density at radius 2 is 0.870 bits per heavy atom. The Morgan fingerprint density at radius 3 is 1.29 bits per heavy atom. The zero-order chi connectivity index (χ0) is 70.5. The lowest BCUT2D eigenvalue weighted by Gasteiger charge is -2.33. The average Bonchev–Trinajstić information content (AvgIpc) is 1.54. The number of aromatic nitrogens is 16. The summed E-state index contributed by atoms with van der Waals surface area (Å²) in [6, 6.07) is 0. The summed E-state index contributed by atoms with van der Waals surface area (Å²) in [4.78, 5) is 73.9. The molecular formula is C60H62BBr3Cl3N21O7S5. The van der Waals surface area contributed by atoms with Gasteiger partial charge in [0.2, 0.25) is 32.5 Å². The van der Waals surface area contributed by atoms with Crippen LogP contribution in [0.2, 0.25) is 15.7 Å². The number of piperazine rings is 1. The van der Waals surface area contributed by atoms with Crippen molar-refractivity contribution in [2.24, 2.45) is 0 Å². The van der Waals surface area contributed by atoms with Gasteiger partial charge in [-0.2, -0.15) is 4.31 Å². The number of nitrogens with zero attached hydrogens (tertiary/aromatic N) is 20. The summed E-state index contributed by atoms with van der Waals surface area (Å²) in [5.74, 6) is 1.43. The Hall–Kier alpha value is -5.92. The van der Waals surface area contributed by atoms with E-state index in [9.17, 15) is 8.42 Å². The maximum Gasteiger partial charge on any atom is 0.491 e. The van der Waals surface area contributed by atoms with E-state index in [0.717, 1.165) is 159 Å². The van der Waals surface area contributed by atoms with Crippen LogP contribution in [0.1, 0.15) is 19.4 Å². The molecule has 16 rings (SSSR count). The van der Waals surface area contributed by atoms with Crippen molar-refractivity contribution in [2.75, 3.05) is 121 Å². The van der Waals surface area contributed by atoms with Crippen LogP contribution in [0.5, 0.6) is 0 Å². The highest BCUT2D eigenvalue weighted by Crippen LogP contribution is 2.39. The molecule has 0 unspecified atom stereocenters. The second kappa shape index (κ2) is 38.0. The van der Waals surface area contributed by atoms with Crippen molar-refractivity contribution in [3.63, 3.8) is 0 Å². The summed E-state index contributed by atoms with van der Waals surface area (Å²) in [6.07, 6.45) is 20.3. The van der Waals surface area contributed by atoms with Crippen LogP contribution < -0.4 is 20.6 Å². The predicted octanol–water partition coefficient (Wildman–Crippen LogP) is 9.92. The number of thiophene rings is 4. The molecule has 0 saturated carbocycles. The topological polar surface area (TPSA) is 334 Å². The number of ether oxygens (including phenoxy) is 3. The monoisotopic (exact) mass is 1700 g/mol. The molecule has 16 heterocycles. The second-order valence-corrected chi connectivity index (χ2v) is 30.1. The minimum absolute atomic E-state index is 0.173. The minimum atomic E-state index is -3.14. The first-order valence-electron chi connectivity index (χ1n) is 30.6. The summed E-state index contributed by atoms with van der Waals surface area (Å²) in [6.45, 7) is 16.8. The van der Waals surface area contributed by atoms with Crippen LogP contribution >= 0.6 is 128 Å². The molecule has 524 valence electrons. The number of anilines is 2. The zero-order valence-electron chi connectivity index (χ0n) is 53.5. The molecular weight excluding hydrogens is 1640 g/mol. The van der Waals surface area contributed by atoms with Gasteiger partial charge in [-0.05, 0) is 76.4 Å². The fourth-order valence-corrected chi connectivity index (χ4v) is 16.8. The quantitative estimate of drug-likeness (QED) is 0.0687. The minimum Gasteiger partial charge on any atom is -0.423 e. The van der Waals surface area contributed by atoms with E-state index in [1.165, 1.54) is 55.3 Å². The first kappa shape index (κ1) is 76.7. The molecule has 0 bridgehead atoms. The van der Waals surface area contributed by atoms with E-state index < -0.39 is 17.1 Å². The Balaban J connectivity index is 0.000000139. The second-order valence-electron chi connectivity index (χ2n) is 21.0. The summed E-state index contributed by atoms with van der Waals surface area (Å²) in [5, 5.41) is 29.0. The summed E-state index contributed by atoms with van der Waals surface area (Å²) in [7, 11) is -4.61. The highest BCUT2D eigenvalue weighted by Gasteiger charge is 2.27. The van der Waals surface area contributed by atoms with Gasteiger partial charge in [0.1, 0.15) is 41.9 Å². The third kappa shape index (κ3) is 20.7. The van der Waals surface area contributed by atoms with Crippen molar-refractivity contribution in [3.8, 4) is 33.8 Å². The maximum atomic E-state index is 11.8. The predicted molar refractivity (Wildman–Crippen MR) is 406 cm³/mol. The lowest BCUT2D eigenvalue weighted by atomic mass is 9.83. The van der Waals surface area contributed by atoms with Crippen molar-refractivity contribution in [3.05, 3.63) is 131 Å². The fraction of sp³-hybridized carbons (Fsp3) is 0.333. The van der Waals surface area contributed by atoms with Gasteiger partial charge in [0.05, 0.1) is 101 Å². The Morgan fingerprint density at radius 1 is 0.490 bits per heavy atom. The van der Waals surface area contributed by atoms with E-state index in [0.29, 0.717) is 69.2 Å². The van der Waals surface area contributed by atoms with Gasteiger partial charge in [-0.3, -0.25) is 4.90 Å². The van der Waals surface area contributed by atoms with Gasteiger partial charge in [-0.25, -0.2) is 88.2 Å². The van der Waals surface area contributed by atoms with Gasteiger partial charge in [0.25, 0.3) is 0 Å². The molecule has 12 aromatic heterocycles. The summed E-state index contributed by atoms with van der Waals surface area (Å²) >= 11 is 34.0. The lowest BCUT2D eigenvalue weighted by molar-refractivity contribution is 0.109. The number of morpholine rings is 3.